The summed E-state index contributed by atoms with van der Waals surface area (Å²) in [6.07, 6.45) is 3.70. The molecule has 0 bridgehead atoms. The Morgan fingerprint density at radius 1 is 0.625 bits per heavy atom. The summed E-state index contributed by atoms with van der Waals surface area (Å²) in [6.45, 7) is 0. The summed E-state index contributed by atoms with van der Waals surface area (Å²) in [6, 6.07) is 26.9. The van der Waals surface area contributed by atoms with Crippen molar-refractivity contribution in [1.29, 1.82) is 0 Å². The number of thiophene rings is 1. The Kier molecular flexibility index (Phi) is 3.93. The lowest BCUT2D eigenvalue weighted by molar-refractivity contribution is 0.701. The van der Waals surface area contributed by atoms with Gasteiger partial charge in [-0.1, -0.05) is 48.5 Å². The molecule has 2 nitrogen and oxygen atoms in total. The standard InChI is InChI=1S/C21H16N2S/c1-2-9-17(10-3-1)21(20-13-8-16-24-20,18-11-4-6-14-22-18)19-12-5-7-15-23-19/h1-16H. The van der Waals surface area contributed by atoms with Crippen LogP contribution in [0.25, 0.3) is 0 Å². The molecule has 0 aliphatic rings. The van der Waals surface area contributed by atoms with E-state index in [4.69, 9.17) is 9.97 Å². The SMILES string of the molecule is c1ccc(C(c2ccccn2)(c2ccccn2)c2cccs2)cc1. The van der Waals surface area contributed by atoms with Crippen LogP contribution in [-0.4, -0.2) is 9.97 Å². The third-order valence-electron chi connectivity index (χ3n) is 4.20. The normalized spacial score (nSPS) is 11.3. The fourth-order valence-corrected chi connectivity index (χ4v) is 4.14. The second-order valence-corrected chi connectivity index (χ2v) is 6.47. The second kappa shape index (κ2) is 6.38. The third-order valence-corrected chi connectivity index (χ3v) is 5.19. The van der Waals surface area contributed by atoms with Gasteiger partial charge in [-0.25, -0.2) is 0 Å². The van der Waals surface area contributed by atoms with E-state index in [-0.39, 0.29) is 0 Å². The third kappa shape index (κ3) is 2.34. The molecule has 24 heavy (non-hydrogen) atoms. The number of benzene rings is 1. The second-order valence-electron chi connectivity index (χ2n) is 5.52. The maximum absolute atomic E-state index is 4.73. The summed E-state index contributed by atoms with van der Waals surface area (Å²) in [5.74, 6) is 0. The minimum atomic E-state index is -0.502. The van der Waals surface area contributed by atoms with Crippen molar-refractivity contribution in [2.45, 2.75) is 5.41 Å². The van der Waals surface area contributed by atoms with E-state index in [1.165, 1.54) is 10.4 Å². The average molecular weight is 328 g/mol. The van der Waals surface area contributed by atoms with Crippen molar-refractivity contribution in [2.75, 3.05) is 0 Å². The van der Waals surface area contributed by atoms with Crippen molar-refractivity contribution in [3.05, 3.63) is 118 Å². The maximum Gasteiger partial charge on any atom is 0.114 e. The molecule has 4 aromatic rings. The molecule has 3 heteroatoms. The molecule has 3 aromatic heterocycles. The summed E-state index contributed by atoms with van der Waals surface area (Å²) in [5.41, 5.74) is 2.64. The van der Waals surface area contributed by atoms with E-state index in [1.807, 2.05) is 42.7 Å². The number of hydrogen-bond donors (Lipinski definition) is 0. The monoisotopic (exact) mass is 328 g/mol. The first kappa shape index (κ1) is 14.8. The van der Waals surface area contributed by atoms with Gasteiger partial charge in [0, 0.05) is 17.3 Å². The highest BCUT2D eigenvalue weighted by atomic mass is 32.1. The molecule has 0 aliphatic carbocycles. The largest absolute Gasteiger partial charge is 0.260 e. The van der Waals surface area contributed by atoms with Crippen LogP contribution >= 0.6 is 11.3 Å². The Morgan fingerprint density at radius 3 is 1.75 bits per heavy atom. The Morgan fingerprint density at radius 2 is 1.25 bits per heavy atom. The lowest BCUT2D eigenvalue weighted by atomic mass is 9.73. The smallest absolute Gasteiger partial charge is 0.114 e. The van der Waals surface area contributed by atoms with Gasteiger partial charge < -0.3 is 0 Å². The Labute approximate surface area is 145 Å². The number of pyridine rings is 2. The lowest BCUT2D eigenvalue weighted by Gasteiger charge is -2.32. The van der Waals surface area contributed by atoms with E-state index in [1.54, 1.807) is 11.3 Å². The van der Waals surface area contributed by atoms with Crippen LogP contribution in [0, 0.1) is 0 Å². The minimum Gasteiger partial charge on any atom is -0.260 e. The highest BCUT2D eigenvalue weighted by molar-refractivity contribution is 7.10. The van der Waals surface area contributed by atoms with Crippen LogP contribution in [0.15, 0.2) is 96.6 Å². The molecule has 0 unspecified atom stereocenters. The predicted molar refractivity (Wildman–Crippen MR) is 98.2 cm³/mol. The van der Waals surface area contributed by atoms with Crippen LogP contribution in [0.5, 0.6) is 0 Å². The van der Waals surface area contributed by atoms with Gasteiger partial charge in [0.25, 0.3) is 0 Å². The van der Waals surface area contributed by atoms with Crippen molar-refractivity contribution < 1.29 is 0 Å². The van der Waals surface area contributed by atoms with Gasteiger partial charge in [0.05, 0.1) is 11.4 Å². The van der Waals surface area contributed by atoms with Gasteiger partial charge in [-0.2, -0.15) is 0 Å². The molecule has 0 amide bonds. The molecule has 3 heterocycles. The predicted octanol–water partition coefficient (Wildman–Crippen LogP) is 4.92. The summed E-state index contributed by atoms with van der Waals surface area (Å²) in [7, 11) is 0. The molecule has 0 saturated heterocycles. The molecule has 0 N–H and O–H groups in total. The molecule has 0 atom stereocenters. The Bertz CT molecular complexity index is 792. The van der Waals surface area contributed by atoms with Crippen LogP contribution in [0.2, 0.25) is 0 Å². The van der Waals surface area contributed by atoms with E-state index in [0.29, 0.717) is 0 Å². The highest BCUT2D eigenvalue weighted by Gasteiger charge is 2.41. The van der Waals surface area contributed by atoms with E-state index in [0.717, 1.165) is 11.4 Å². The van der Waals surface area contributed by atoms with Gasteiger partial charge in [0.15, 0.2) is 0 Å². The summed E-state index contributed by atoms with van der Waals surface area (Å²) >= 11 is 1.73. The van der Waals surface area contributed by atoms with E-state index in [9.17, 15) is 0 Å². The van der Waals surface area contributed by atoms with Crippen molar-refractivity contribution >= 4 is 11.3 Å². The van der Waals surface area contributed by atoms with Gasteiger partial charge in [-0.3, -0.25) is 9.97 Å². The van der Waals surface area contributed by atoms with E-state index >= 15 is 0 Å². The minimum absolute atomic E-state index is 0.502. The lowest BCUT2D eigenvalue weighted by Crippen LogP contribution is -2.32. The first-order valence-corrected chi connectivity index (χ1v) is 8.73. The number of nitrogens with zero attached hydrogens (tertiary/aromatic N) is 2. The Balaban J connectivity index is 2.12. The van der Waals surface area contributed by atoms with Gasteiger partial charge in [-0.05, 0) is 41.3 Å². The van der Waals surface area contributed by atoms with Gasteiger partial charge in [-0.15, -0.1) is 11.3 Å². The summed E-state index contributed by atoms with van der Waals surface area (Å²) in [4.78, 5) is 10.7. The molecule has 0 radical (unpaired) electrons. The first-order valence-electron chi connectivity index (χ1n) is 7.85. The number of hydrogen-bond acceptors (Lipinski definition) is 3. The molecular formula is C21H16N2S. The van der Waals surface area contributed by atoms with Crippen molar-refractivity contribution in [2.24, 2.45) is 0 Å². The van der Waals surface area contributed by atoms with Crippen molar-refractivity contribution in [1.82, 2.24) is 9.97 Å². The quantitative estimate of drug-likeness (QED) is 0.531. The molecule has 1 aromatic carbocycles. The maximum atomic E-state index is 4.73. The first-order chi connectivity index (χ1) is 11.9. The van der Waals surface area contributed by atoms with Gasteiger partial charge >= 0.3 is 0 Å². The van der Waals surface area contributed by atoms with E-state index in [2.05, 4.69) is 53.9 Å². The van der Waals surface area contributed by atoms with Crippen molar-refractivity contribution in [3.8, 4) is 0 Å². The molecule has 0 saturated carbocycles. The zero-order chi connectivity index (χ0) is 16.2. The van der Waals surface area contributed by atoms with Crippen LogP contribution < -0.4 is 0 Å². The van der Waals surface area contributed by atoms with Crippen LogP contribution in [0.1, 0.15) is 21.8 Å². The number of rotatable bonds is 4. The van der Waals surface area contributed by atoms with Gasteiger partial charge in [0.1, 0.15) is 5.41 Å². The molecule has 116 valence electrons. The zero-order valence-corrected chi connectivity index (χ0v) is 13.9. The molecule has 0 spiro atoms. The van der Waals surface area contributed by atoms with Crippen molar-refractivity contribution in [3.63, 3.8) is 0 Å². The molecular weight excluding hydrogens is 312 g/mol. The van der Waals surface area contributed by atoms with Crippen LogP contribution in [-0.2, 0) is 5.41 Å². The number of aromatic nitrogens is 2. The summed E-state index contributed by atoms with van der Waals surface area (Å²) < 4.78 is 0. The summed E-state index contributed by atoms with van der Waals surface area (Å²) in [5, 5.41) is 2.11. The fourth-order valence-electron chi connectivity index (χ4n) is 3.17. The highest BCUT2D eigenvalue weighted by Crippen LogP contribution is 2.44. The molecule has 4 rings (SSSR count). The Hall–Kier alpha value is -2.78. The molecule has 0 aliphatic heterocycles. The van der Waals surface area contributed by atoms with Crippen LogP contribution in [0.4, 0.5) is 0 Å². The fraction of sp³-hybridized carbons (Fsp3) is 0.0476. The van der Waals surface area contributed by atoms with Gasteiger partial charge in [0.2, 0.25) is 0 Å². The van der Waals surface area contributed by atoms with Crippen LogP contribution in [0.3, 0.4) is 0 Å². The zero-order valence-electron chi connectivity index (χ0n) is 13.0. The molecule has 0 fully saturated rings. The average Bonchev–Trinajstić information content (AvgIpc) is 3.20. The van der Waals surface area contributed by atoms with E-state index < -0.39 is 5.41 Å². The topological polar surface area (TPSA) is 25.8 Å².